The van der Waals surface area contributed by atoms with Crippen molar-refractivity contribution in [1.82, 2.24) is 15.6 Å². The van der Waals surface area contributed by atoms with Gasteiger partial charge in [-0.25, -0.2) is 9.78 Å². The molecule has 0 spiro atoms. The molecular weight excluding hydrogens is 254 g/mol. The molecule has 0 unspecified atom stereocenters. The molecule has 0 aromatic carbocycles. The zero-order valence-corrected chi connectivity index (χ0v) is 11.1. The fourth-order valence-electron chi connectivity index (χ4n) is 1.59. The summed E-state index contributed by atoms with van der Waals surface area (Å²) in [5.41, 5.74) is 1.04. The van der Waals surface area contributed by atoms with E-state index < -0.39 is 12.1 Å². The number of ether oxygens (including phenoxy) is 1. The van der Waals surface area contributed by atoms with E-state index in [2.05, 4.69) is 20.4 Å². The fraction of sp³-hybridized carbons (Fsp3) is 0.545. The molecule has 0 radical (unpaired) electrons. The van der Waals surface area contributed by atoms with Crippen molar-refractivity contribution in [3.63, 3.8) is 0 Å². The van der Waals surface area contributed by atoms with Gasteiger partial charge in [0.05, 0.1) is 10.7 Å². The number of aryl methyl sites for hydroxylation is 2. The van der Waals surface area contributed by atoms with Gasteiger partial charge in [-0.15, -0.1) is 11.3 Å². The Hall–Kier alpha value is -1.63. The lowest BCUT2D eigenvalue weighted by Crippen LogP contribution is -2.43. The molecule has 2 amide bonds. The van der Waals surface area contributed by atoms with Crippen LogP contribution in [0.5, 0.6) is 0 Å². The third-order valence-electron chi connectivity index (χ3n) is 2.70. The second kappa shape index (κ2) is 5.34. The average molecular weight is 269 g/mol. The van der Waals surface area contributed by atoms with E-state index in [9.17, 15) is 9.59 Å². The molecule has 1 aliphatic rings. The Bertz CT molecular complexity index is 453. The number of cyclic esters (lactones) is 1. The number of hydrogen-bond donors (Lipinski definition) is 2. The Morgan fingerprint density at radius 3 is 2.94 bits per heavy atom. The Morgan fingerprint density at radius 1 is 1.61 bits per heavy atom. The molecule has 0 aliphatic carbocycles. The predicted octanol–water partition coefficient (Wildman–Crippen LogP) is 0.527. The van der Waals surface area contributed by atoms with E-state index in [1.807, 2.05) is 13.8 Å². The van der Waals surface area contributed by atoms with E-state index in [4.69, 9.17) is 0 Å². The first-order valence-corrected chi connectivity index (χ1v) is 6.52. The van der Waals surface area contributed by atoms with Gasteiger partial charge in [-0.2, -0.15) is 0 Å². The Morgan fingerprint density at radius 2 is 2.39 bits per heavy atom. The van der Waals surface area contributed by atoms with Gasteiger partial charge in [0.25, 0.3) is 0 Å². The smallest absolute Gasteiger partial charge is 0.407 e. The molecule has 1 saturated heterocycles. The van der Waals surface area contributed by atoms with Gasteiger partial charge in [0, 0.05) is 17.8 Å². The van der Waals surface area contributed by atoms with Gasteiger partial charge in [-0.3, -0.25) is 4.79 Å². The molecule has 2 heterocycles. The van der Waals surface area contributed by atoms with Gasteiger partial charge >= 0.3 is 6.09 Å². The van der Waals surface area contributed by atoms with Crippen molar-refractivity contribution < 1.29 is 14.3 Å². The lowest BCUT2D eigenvalue weighted by atomic mass is 10.3. The molecule has 1 aliphatic heterocycles. The minimum absolute atomic E-state index is 0.0974. The summed E-state index contributed by atoms with van der Waals surface area (Å²) in [6.45, 7) is 4.61. The van der Waals surface area contributed by atoms with Crippen LogP contribution in [-0.2, 0) is 16.0 Å². The molecule has 7 heteroatoms. The highest BCUT2D eigenvalue weighted by atomic mass is 32.1. The van der Waals surface area contributed by atoms with Crippen LogP contribution in [0.3, 0.4) is 0 Å². The van der Waals surface area contributed by atoms with E-state index >= 15 is 0 Å². The van der Waals surface area contributed by atoms with Gasteiger partial charge in [-0.1, -0.05) is 0 Å². The van der Waals surface area contributed by atoms with Crippen LogP contribution in [0.15, 0.2) is 0 Å². The first-order chi connectivity index (χ1) is 8.56. The lowest BCUT2D eigenvalue weighted by Gasteiger charge is -2.07. The summed E-state index contributed by atoms with van der Waals surface area (Å²) in [6.07, 6.45) is 0.161. The monoisotopic (exact) mass is 269 g/mol. The zero-order chi connectivity index (χ0) is 13.1. The second-order valence-corrected chi connectivity index (χ2v) is 5.37. The first-order valence-electron chi connectivity index (χ1n) is 5.70. The highest BCUT2D eigenvalue weighted by Crippen LogP contribution is 2.16. The normalized spacial score (nSPS) is 18.3. The van der Waals surface area contributed by atoms with Crippen LogP contribution in [0.4, 0.5) is 4.79 Å². The number of thiazole rings is 1. The van der Waals surface area contributed by atoms with Crippen molar-refractivity contribution >= 4 is 23.3 Å². The standard InChI is InChI=1S/C11H15N3O3S/c1-6-7(2)18-9(13-6)3-4-12-10(15)8-5-17-11(16)14-8/h8H,3-5H2,1-2H3,(H,12,15)(H,14,16)/t8-/m0/s1. The van der Waals surface area contributed by atoms with Crippen LogP contribution >= 0.6 is 11.3 Å². The number of hydrogen-bond acceptors (Lipinski definition) is 5. The van der Waals surface area contributed by atoms with Crippen molar-refractivity contribution in [2.75, 3.05) is 13.2 Å². The van der Waals surface area contributed by atoms with E-state index in [0.717, 1.165) is 10.7 Å². The largest absolute Gasteiger partial charge is 0.447 e. The molecule has 0 bridgehead atoms. The molecule has 98 valence electrons. The Kier molecular flexibility index (Phi) is 3.81. The van der Waals surface area contributed by atoms with E-state index in [-0.39, 0.29) is 12.5 Å². The molecule has 0 saturated carbocycles. The third-order valence-corrected chi connectivity index (χ3v) is 3.83. The quantitative estimate of drug-likeness (QED) is 0.835. The maximum absolute atomic E-state index is 11.6. The molecule has 1 atom stereocenters. The number of carbonyl (C=O) groups excluding carboxylic acids is 2. The highest BCUT2D eigenvalue weighted by Gasteiger charge is 2.28. The Balaban J connectivity index is 1.75. The maximum atomic E-state index is 11.6. The van der Waals surface area contributed by atoms with Crippen molar-refractivity contribution in [1.29, 1.82) is 0 Å². The highest BCUT2D eigenvalue weighted by molar-refractivity contribution is 7.11. The summed E-state index contributed by atoms with van der Waals surface area (Å²) in [7, 11) is 0. The molecular formula is C11H15N3O3S. The molecule has 18 heavy (non-hydrogen) atoms. The molecule has 2 rings (SSSR count). The zero-order valence-electron chi connectivity index (χ0n) is 10.3. The Labute approximate surface area is 109 Å². The van der Waals surface area contributed by atoms with E-state index in [0.29, 0.717) is 13.0 Å². The molecule has 1 aromatic heterocycles. The van der Waals surface area contributed by atoms with Crippen LogP contribution < -0.4 is 10.6 Å². The summed E-state index contributed by atoms with van der Waals surface area (Å²) in [5.74, 6) is -0.217. The van der Waals surface area contributed by atoms with Crippen LogP contribution in [0.2, 0.25) is 0 Å². The van der Waals surface area contributed by atoms with Gasteiger partial charge < -0.3 is 15.4 Å². The van der Waals surface area contributed by atoms with Crippen molar-refractivity contribution in [3.05, 3.63) is 15.6 Å². The molecule has 1 aromatic rings. The van der Waals surface area contributed by atoms with E-state index in [1.165, 1.54) is 4.88 Å². The number of rotatable bonds is 4. The SMILES string of the molecule is Cc1nc(CCNC(=O)[C@@H]2COC(=O)N2)sc1C. The second-order valence-electron chi connectivity index (χ2n) is 4.09. The van der Waals surface area contributed by atoms with Crippen LogP contribution in [-0.4, -0.2) is 36.2 Å². The summed E-state index contributed by atoms with van der Waals surface area (Å²) < 4.78 is 4.65. The number of nitrogens with one attached hydrogen (secondary N) is 2. The predicted molar refractivity (Wildman–Crippen MR) is 66.6 cm³/mol. The first kappa shape index (κ1) is 12.8. The van der Waals surface area contributed by atoms with Crippen molar-refractivity contribution in [2.24, 2.45) is 0 Å². The maximum Gasteiger partial charge on any atom is 0.407 e. The summed E-state index contributed by atoms with van der Waals surface area (Å²) in [6, 6.07) is -0.572. The molecule has 6 nitrogen and oxygen atoms in total. The minimum atomic E-state index is -0.572. The van der Waals surface area contributed by atoms with E-state index in [1.54, 1.807) is 11.3 Å². The van der Waals surface area contributed by atoms with Crippen LogP contribution in [0.1, 0.15) is 15.6 Å². The number of carbonyl (C=O) groups is 2. The van der Waals surface area contributed by atoms with Crippen LogP contribution in [0, 0.1) is 13.8 Å². The summed E-state index contributed by atoms with van der Waals surface area (Å²) >= 11 is 1.64. The minimum Gasteiger partial charge on any atom is -0.447 e. The number of alkyl carbamates (subject to hydrolysis) is 1. The third kappa shape index (κ3) is 2.98. The topological polar surface area (TPSA) is 80.3 Å². The van der Waals surface area contributed by atoms with Gasteiger partial charge in [0.2, 0.25) is 5.91 Å². The van der Waals surface area contributed by atoms with Gasteiger partial charge in [0.1, 0.15) is 12.6 Å². The molecule has 1 fully saturated rings. The number of aromatic nitrogens is 1. The lowest BCUT2D eigenvalue weighted by molar-refractivity contribution is -0.122. The van der Waals surface area contributed by atoms with Crippen LogP contribution in [0.25, 0.3) is 0 Å². The van der Waals surface area contributed by atoms with Gasteiger partial charge in [-0.05, 0) is 13.8 Å². The van der Waals surface area contributed by atoms with Crippen molar-refractivity contribution in [3.8, 4) is 0 Å². The summed E-state index contributed by atoms with van der Waals surface area (Å²) in [4.78, 5) is 28.0. The fourth-order valence-corrected chi connectivity index (χ4v) is 2.52. The van der Waals surface area contributed by atoms with Gasteiger partial charge in [0.15, 0.2) is 0 Å². The molecule has 2 N–H and O–H groups in total. The number of nitrogens with zero attached hydrogens (tertiary/aromatic N) is 1. The summed E-state index contributed by atoms with van der Waals surface area (Å²) in [5, 5.41) is 6.20. The number of amides is 2. The van der Waals surface area contributed by atoms with Crippen molar-refractivity contribution in [2.45, 2.75) is 26.3 Å². The average Bonchev–Trinajstić information content (AvgIpc) is 2.87.